The van der Waals surface area contributed by atoms with Gasteiger partial charge in [0.05, 0.1) is 0 Å². The van der Waals surface area contributed by atoms with Gasteiger partial charge in [-0.1, -0.05) is 0 Å². The van der Waals surface area contributed by atoms with Crippen LogP contribution < -0.4 is 10.6 Å². The van der Waals surface area contributed by atoms with Crippen molar-refractivity contribution in [3.8, 4) is 0 Å². The quantitative estimate of drug-likeness (QED) is 0.719. The molecule has 1 aromatic rings. The summed E-state index contributed by atoms with van der Waals surface area (Å²) in [6.07, 6.45) is 0.918. The average Bonchev–Trinajstić information content (AvgIpc) is 2.52. The van der Waals surface area contributed by atoms with Crippen molar-refractivity contribution in [1.82, 2.24) is 10.6 Å². The summed E-state index contributed by atoms with van der Waals surface area (Å²) < 4.78 is 5.31. The first-order valence-corrected chi connectivity index (χ1v) is 5.15. The highest BCUT2D eigenvalue weighted by Gasteiger charge is 2.13. The van der Waals surface area contributed by atoms with E-state index in [0.29, 0.717) is 12.3 Å². The summed E-state index contributed by atoms with van der Waals surface area (Å²) in [6.45, 7) is 5.28. The number of hydrogen-bond acceptors (Lipinski definition) is 3. The molecule has 4 heteroatoms. The van der Waals surface area contributed by atoms with Crippen molar-refractivity contribution >= 4 is 5.91 Å². The van der Waals surface area contributed by atoms with Crippen LogP contribution in [0.15, 0.2) is 10.5 Å². The van der Waals surface area contributed by atoms with Crippen LogP contribution in [0.3, 0.4) is 0 Å². The molecular formula is C11H18N2O2. The summed E-state index contributed by atoms with van der Waals surface area (Å²) in [7, 11) is 1.89. The van der Waals surface area contributed by atoms with Crippen LogP contribution in [0.1, 0.15) is 28.3 Å². The fraction of sp³-hybridized carbons (Fsp3) is 0.545. The smallest absolute Gasteiger partial charge is 0.287 e. The van der Waals surface area contributed by atoms with Crippen LogP contribution in [0.5, 0.6) is 0 Å². The van der Waals surface area contributed by atoms with E-state index >= 15 is 0 Å². The SMILES string of the molecule is CNCCCNC(=O)c1oc(C)cc1C. The Morgan fingerprint density at radius 3 is 2.67 bits per heavy atom. The lowest BCUT2D eigenvalue weighted by molar-refractivity contribution is 0.0923. The van der Waals surface area contributed by atoms with E-state index in [4.69, 9.17) is 4.42 Å². The Balaban J connectivity index is 2.43. The molecule has 0 spiro atoms. The normalized spacial score (nSPS) is 10.3. The minimum Gasteiger partial charge on any atom is -0.456 e. The third-order valence-electron chi connectivity index (χ3n) is 2.14. The molecule has 0 aliphatic carbocycles. The average molecular weight is 210 g/mol. The topological polar surface area (TPSA) is 54.3 Å². The van der Waals surface area contributed by atoms with Crippen LogP contribution in [-0.2, 0) is 0 Å². The van der Waals surface area contributed by atoms with Gasteiger partial charge in [0.2, 0.25) is 0 Å². The van der Waals surface area contributed by atoms with Crippen molar-refractivity contribution in [1.29, 1.82) is 0 Å². The van der Waals surface area contributed by atoms with Crippen molar-refractivity contribution in [2.24, 2.45) is 0 Å². The highest BCUT2D eigenvalue weighted by molar-refractivity contribution is 5.92. The molecule has 1 rings (SSSR count). The Kier molecular flexibility index (Phi) is 4.37. The maximum Gasteiger partial charge on any atom is 0.287 e. The number of aryl methyl sites for hydroxylation is 2. The van der Waals surface area contributed by atoms with Gasteiger partial charge in [-0.15, -0.1) is 0 Å². The van der Waals surface area contributed by atoms with E-state index in [0.717, 1.165) is 24.3 Å². The standard InChI is InChI=1S/C11H18N2O2/c1-8-7-9(2)15-10(8)11(14)13-6-4-5-12-3/h7,12H,4-6H2,1-3H3,(H,13,14). The molecule has 0 saturated heterocycles. The molecule has 0 radical (unpaired) electrons. The molecule has 0 aliphatic heterocycles. The Labute approximate surface area is 90.0 Å². The van der Waals surface area contributed by atoms with Crippen LogP contribution in [-0.4, -0.2) is 26.0 Å². The first-order chi connectivity index (χ1) is 7.15. The molecule has 0 saturated carbocycles. The summed E-state index contributed by atoms with van der Waals surface area (Å²) in [6, 6.07) is 1.86. The van der Waals surface area contributed by atoms with Crippen molar-refractivity contribution in [2.45, 2.75) is 20.3 Å². The zero-order valence-electron chi connectivity index (χ0n) is 9.52. The number of furan rings is 1. The summed E-state index contributed by atoms with van der Waals surface area (Å²) >= 11 is 0. The Morgan fingerprint density at radius 2 is 2.13 bits per heavy atom. The van der Waals surface area contributed by atoms with E-state index in [-0.39, 0.29) is 5.91 Å². The molecule has 1 amide bonds. The Bertz CT molecular complexity index is 331. The zero-order chi connectivity index (χ0) is 11.3. The molecule has 15 heavy (non-hydrogen) atoms. The monoisotopic (exact) mass is 210 g/mol. The van der Waals surface area contributed by atoms with E-state index in [1.165, 1.54) is 0 Å². The van der Waals surface area contributed by atoms with Gasteiger partial charge in [-0.3, -0.25) is 4.79 Å². The fourth-order valence-corrected chi connectivity index (χ4v) is 1.41. The van der Waals surface area contributed by atoms with Crippen LogP contribution in [0, 0.1) is 13.8 Å². The van der Waals surface area contributed by atoms with Crippen LogP contribution in [0.25, 0.3) is 0 Å². The number of amides is 1. The largest absolute Gasteiger partial charge is 0.456 e. The summed E-state index contributed by atoms with van der Waals surface area (Å²) in [5, 5.41) is 5.84. The predicted octanol–water partition coefficient (Wildman–Crippen LogP) is 1.24. The first kappa shape index (κ1) is 11.8. The lowest BCUT2D eigenvalue weighted by Gasteiger charge is -2.03. The van der Waals surface area contributed by atoms with E-state index in [1.807, 2.05) is 27.0 Å². The van der Waals surface area contributed by atoms with E-state index in [9.17, 15) is 4.79 Å². The van der Waals surface area contributed by atoms with Crippen molar-refractivity contribution in [3.05, 3.63) is 23.2 Å². The second kappa shape index (κ2) is 5.56. The predicted molar refractivity (Wildman–Crippen MR) is 59.1 cm³/mol. The molecule has 0 fully saturated rings. The Hall–Kier alpha value is -1.29. The molecule has 0 aliphatic rings. The highest BCUT2D eigenvalue weighted by Crippen LogP contribution is 2.12. The van der Waals surface area contributed by atoms with Crippen molar-refractivity contribution in [2.75, 3.05) is 20.1 Å². The molecule has 0 bridgehead atoms. The van der Waals surface area contributed by atoms with Gasteiger partial charge in [-0.05, 0) is 39.9 Å². The molecule has 84 valence electrons. The number of hydrogen-bond donors (Lipinski definition) is 2. The van der Waals surface area contributed by atoms with Gasteiger partial charge < -0.3 is 15.1 Å². The van der Waals surface area contributed by atoms with E-state index in [1.54, 1.807) is 0 Å². The molecule has 4 nitrogen and oxygen atoms in total. The number of nitrogens with one attached hydrogen (secondary N) is 2. The van der Waals surface area contributed by atoms with Crippen molar-refractivity contribution < 1.29 is 9.21 Å². The summed E-state index contributed by atoms with van der Waals surface area (Å²) in [5.41, 5.74) is 0.888. The van der Waals surface area contributed by atoms with Gasteiger partial charge in [-0.25, -0.2) is 0 Å². The molecule has 0 unspecified atom stereocenters. The lowest BCUT2D eigenvalue weighted by Crippen LogP contribution is -2.26. The highest BCUT2D eigenvalue weighted by atomic mass is 16.3. The second-order valence-corrected chi connectivity index (χ2v) is 3.58. The molecule has 1 aromatic heterocycles. The second-order valence-electron chi connectivity index (χ2n) is 3.58. The molecule has 0 atom stereocenters. The van der Waals surface area contributed by atoms with E-state index < -0.39 is 0 Å². The third kappa shape index (κ3) is 3.40. The molecule has 0 aromatic carbocycles. The maximum atomic E-state index is 11.6. The van der Waals surface area contributed by atoms with Gasteiger partial charge in [0, 0.05) is 12.1 Å². The summed E-state index contributed by atoms with van der Waals surface area (Å²) in [4.78, 5) is 11.6. The van der Waals surface area contributed by atoms with Crippen LogP contribution >= 0.6 is 0 Å². The molecular weight excluding hydrogens is 192 g/mol. The number of rotatable bonds is 5. The molecule has 1 heterocycles. The van der Waals surface area contributed by atoms with Gasteiger partial charge in [0.1, 0.15) is 5.76 Å². The van der Waals surface area contributed by atoms with Crippen molar-refractivity contribution in [3.63, 3.8) is 0 Å². The van der Waals surface area contributed by atoms with Gasteiger partial charge in [0.25, 0.3) is 5.91 Å². The Morgan fingerprint density at radius 1 is 1.40 bits per heavy atom. The van der Waals surface area contributed by atoms with Crippen LogP contribution in [0.2, 0.25) is 0 Å². The third-order valence-corrected chi connectivity index (χ3v) is 2.14. The lowest BCUT2D eigenvalue weighted by atomic mass is 10.2. The van der Waals surface area contributed by atoms with Gasteiger partial charge in [0.15, 0.2) is 5.76 Å². The zero-order valence-corrected chi connectivity index (χ0v) is 9.52. The molecule has 2 N–H and O–H groups in total. The first-order valence-electron chi connectivity index (χ1n) is 5.15. The minimum atomic E-state index is -0.128. The van der Waals surface area contributed by atoms with Gasteiger partial charge in [-0.2, -0.15) is 0 Å². The number of carbonyl (C=O) groups excluding carboxylic acids is 1. The number of carbonyl (C=O) groups is 1. The maximum absolute atomic E-state index is 11.6. The van der Waals surface area contributed by atoms with E-state index in [2.05, 4.69) is 10.6 Å². The fourth-order valence-electron chi connectivity index (χ4n) is 1.41. The minimum absolute atomic E-state index is 0.128. The summed E-state index contributed by atoms with van der Waals surface area (Å²) in [5.74, 6) is 1.07. The van der Waals surface area contributed by atoms with Crippen LogP contribution in [0.4, 0.5) is 0 Å². The van der Waals surface area contributed by atoms with Gasteiger partial charge >= 0.3 is 0 Å².